The summed E-state index contributed by atoms with van der Waals surface area (Å²) >= 11 is 0. The molecule has 28 heavy (non-hydrogen) atoms. The average molecular weight is 402 g/mol. The van der Waals surface area contributed by atoms with E-state index in [1.54, 1.807) is 6.07 Å². The Labute approximate surface area is 169 Å². The Morgan fingerprint density at radius 2 is 2.14 bits per heavy atom. The minimum atomic E-state index is -0.219. The van der Waals surface area contributed by atoms with Gasteiger partial charge in [-0.2, -0.15) is 5.10 Å². The highest BCUT2D eigenvalue weighted by Crippen LogP contribution is 2.22. The van der Waals surface area contributed by atoms with E-state index in [9.17, 15) is 4.79 Å². The smallest absolute Gasteiger partial charge is 0.276 e. The van der Waals surface area contributed by atoms with Gasteiger partial charge in [0.05, 0.1) is 6.04 Å². The van der Waals surface area contributed by atoms with E-state index in [2.05, 4.69) is 25.9 Å². The van der Waals surface area contributed by atoms with E-state index >= 15 is 0 Å². The molecule has 2 aromatic heterocycles. The van der Waals surface area contributed by atoms with E-state index in [1.165, 1.54) is 0 Å². The molecule has 1 aliphatic heterocycles. The van der Waals surface area contributed by atoms with E-state index in [0.717, 1.165) is 43.1 Å². The number of nitrogens with one attached hydrogen (secondary N) is 2. The van der Waals surface area contributed by atoms with Crippen LogP contribution in [-0.2, 0) is 7.05 Å². The molecule has 2 N–H and O–H groups in total. The second-order valence-electron chi connectivity index (χ2n) is 6.85. The molecule has 1 atom stereocenters. The molecule has 1 unspecified atom stereocenters. The molecule has 0 bridgehead atoms. The van der Waals surface area contributed by atoms with Crippen LogP contribution < -0.4 is 10.6 Å². The molecular weight excluding hydrogens is 378 g/mol. The van der Waals surface area contributed by atoms with Crippen LogP contribution in [0, 0.1) is 6.92 Å². The maximum atomic E-state index is 12.6. The number of nitrogens with zero attached hydrogens (tertiary/aromatic N) is 5. The third kappa shape index (κ3) is 4.07. The predicted octanol–water partition coefficient (Wildman–Crippen LogP) is 2.59. The lowest BCUT2D eigenvalue weighted by atomic mass is 10.1. The van der Waals surface area contributed by atoms with Crippen molar-refractivity contribution in [1.82, 2.24) is 29.9 Å². The zero-order valence-corrected chi connectivity index (χ0v) is 16.7. The Bertz CT molecular complexity index is 959. The fourth-order valence-electron chi connectivity index (χ4n) is 3.31. The number of rotatable bonds is 4. The summed E-state index contributed by atoms with van der Waals surface area (Å²) in [6, 6.07) is 9.66. The number of halogens is 1. The third-order valence-corrected chi connectivity index (χ3v) is 4.96. The molecule has 1 fully saturated rings. The lowest BCUT2D eigenvalue weighted by molar-refractivity contribution is 0.102. The van der Waals surface area contributed by atoms with Crippen LogP contribution in [0.25, 0.3) is 11.4 Å². The molecule has 1 aromatic carbocycles. The van der Waals surface area contributed by atoms with Crippen molar-refractivity contribution in [2.45, 2.75) is 25.8 Å². The number of hydrogen-bond acceptors (Lipinski definition) is 5. The van der Waals surface area contributed by atoms with Gasteiger partial charge in [0.25, 0.3) is 5.91 Å². The molecule has 0 spiro atoms. The normalized spacial score (nSPS) is 16.4. The van der Waals surface area contributed by atoms with Crippen LogP contribution >= 0.6 is 12.4 Å². The molecule has 3 aromatic rings. The van der Waals surface area contributed by atoms with Gasteiger partial charge in [0, 0.05) is 31.0 Å². The summed E-state index contributed by atoms with van der Waals surface area (Å²) in [5.74, 6) is 1.38. The van der Waals surface area contributed by atoms with E-state index in [1.807, 2.05) is 53.7 Å². The largest absolute Gasteiger partial charge is 0.321 e. The van der Waals surface area contributed by atoms with Crippen LogP contribution in [0.4, 0.5) is 5.69 Å². The van der Waals surface area contributed by atoms with Gasteiger partial charge in [-0.25, -0.2) is 0 Å². The Kier molecular flexibility index (Phi) is 6.11. The zero-order valence-electron chi connectivity index (χ0n) is 15.9. The predicted molar refractivity (Wildman–Crippen MR) is 110 cm³/mol. The van der Waals surface area contributed by atoms with Gasteiger partial charge < -0.3 is 15.2 Å². The number of carbonyl (C=O) groups excluding carboxylic acids is 1. The van der Waals surface area contributed by atoms with E-state index < -0.39 is 0 Å². The number of aryl methyl sites for hydroxylation is 1. The molecule has 1 amide bonds. The second kappa shape index (κ2) is 8.53. The number of carbonyl (C=O) groups is 1. The highest BCUT2D eigenvalue weighted by Gasteiger charge is 2.18. The molecule has 4 rings (SSSR count). The van der Waals surface area contributed by atoms with Crippen LogP contribution in [0.5, 0.6) is 0 Å². The first-order valence-corrected chi connectivity index (χ1v) is 9.15. The van der Waals surface area contributed by atoms with Crippen LogP contribution in [0.1, 0.15) is 35.2 Å². The second-order valence-corrected chi connectivity index (χ2v) is 6.85. The van der Waals surface area contributed by atoms with Crippen molar-refractivity contribution in [3.63, 3.8) is 0 Å². The van der Waals surface area contributed by atoms with Crippen molar-refractivity contribution in [3.05, 3.63) is 48.0 Å². The molecule has 0 aliphatic carbocycles. The van der Waals surface area contributed by atoms with Gasteiger partial charge in [0.15, 0.2) is 11.5 Å². The van der Waals surface area contributed by atoms with Crippen molar-refractivity contribution >= 4 is 24.0 Å². The average Bonchev–Trinajstić information content (AvgIpc) is 3.31. The van der Waals surface area contributed by atoms with Gasteiger partial charge in [-0.05, 0) is 44.5 Å². The number of anilines is 1. The van der Waals surface area contributed by atoms with Crippen molar-refractivity contribution in [2.75, 3.05) is 18.4 Å². The molecule has 9 heteroatoms. The molecule has 0 saturated carbocycles. The Morgan fingerprint density at radius 3 is 2.86 bits per heavy atom. The first-order valence-electron chi connectivity index (χ1n) is 9.15. The van der Waals surface area contributed by atoms with Crippen molar-refractivity contribution in [3.8, 4) is 11.4 Å². The molecule has 148 valence electrons. The molecule has 0 radical (unpaired) electrons. The van der Waals surface area contributed by atoms with E-state index in [-0.39, 0.29) is 18.3 Å². The number of piperidine rings is 1. The molecule has 1 saturated heterocycles. The Balaban J connectivity index is 0.00000225. The van der Waals surface area contributed by atoms with Crippen LogP contribution in [0.15, 0.2) is 36.5 Å². The lowest BCUT2D eigenvalue weighted by Crippen LogP contribution is -2.32. The highest BCUT2D eigenvalue weighted by atomic mass is 35.5. The van der Waals surface area contributed by atoms with E-state index in [4.69, 9.17) is 0 Å². The molecule has 3 heterocycles. The minimum absolute atomic E-state index is 0. The van der Waals surface area contributed by atoms with Crippen molar-refractivity contribution in [2.24, 2.45) is 7.05 Å². The number of amides is 1. The number of hydrogen-bond donors (Lipinski definition) is 2. The lowest BCUT2D eigenvalue weighted by Gasteiger charge is -2.22. The number of aromatic nitrogens is 5. The maximum Gasteiger partial charge on any atom is 0.276 e. The monoisotopic (exact) mass is 401 g/mol. The molecule has 8 nitrogen and oxygen atoms in total. The third-order valence-electron chi connectivity index (χ3n) is 4.96. The van der Waals surface area contributed by atoms with Crippen LogP contribution in [0.3, 0.4) is 0 Å². The zero-order chi connectivity index (χ0) is 18.8. The van der Waals surface area contributed by atoms with Gasteiger partial charge >= 0.3 is 0 Å². The van der Waals surface area contributed by atoms with Gasteiger partial charge in [-0.1, -0.05) is 12.1 Å². The highest BCUT2D eigenvalue weighted by molar-refractivity contribution is 6.03. The van der Waals surface area contributed by atoms with Crippen LogP contribution in [-0.4, -0.2) is 43.5 Å². The summed E-state index contributed by atoms with van der Waals surface area (Å²) in [7, 11) is 1.92. The fourth-order valence-corrected chi connectivity index (χ4v) is 3.31. The Morgan fingerprint density at radius 1 is 1.29 bits per heavy atom. The summed E-state index contributed by atoms with van der Waals surface area (Å²) in [6.45, 7) is 3.84. The van der Waals surface area contributed by atoms with Gasteiger partial charge in [-0.15, -0.1) is 22.6 Å². The summed E-state index contributed by atoms with van der Waals surface area (Å²) < 4.78 is 3.81. The standard InChI is InChI=1S/C19H23N7O.ClH/c1-13-22-23-18(25(13)2)14-5-3-6-15(11-14)21-19(27)17-8-10-26(24-17)16-7-4-9-20-12-16;/h3,5-6,8,10-11,16,20H,4,7,9,12H2,1-2H3,(H,21,27);1H. The fraction of sp³-hybridized carbons (Fsp3) is 0.368. The minimum Gasteiger partial charge on any atom is -0.321 e. The molecular formula is C19H24ClN7O. The van der Waals surface area contributed by atoms with Crippen molar-refractivity contribution < 1.29 is 4.79 Å². The van der Waals surface area contributed by atoms with Crippen molar-refractivity contribution in [1.29, 1.82) is 0 Å². The summed E-state index contributed by atoms with van der Waals surface area (Å²) in [5, 5.41) is 19.0. The Hall–Kier alpha value is -2.71. The SMILES string of the molecule is Cc1nnc(-c2cccc(NC(=O)c3ccn(C4CCCNC4)n3)c2)n1C.Cl. The summed E-state index contributed by atoms with van der Waals surface area (Å²) in [4.78, 5) is 12.6. The van der Waals surface area contributed by atoms with Gasteiger partial charge in [-0.3, -0.25) is 9.48 Å². The van der Waals surface area contributed by atoms with E-state index in [0.29, 0.717) is 17.4 Å². The molecule has 1 aliphatic rings. The van der Waals surface area contributed by atoms with Gasteiger partial charge in [0.1, 0.15) is 5.82 Å². The first-order chi connectivity index (χ1) is 13.1. The van der Waals surface area contributed by atoms with Gasteiger partial charge in [0.2, 0.25) is 0 Å². The summed E-state index contributed by atoms with van der Waals surface area (Å²) in [6.07, 6.45) is 4.08. The maximum absolute atomic E-state index is 12.6. The number of benzene rings is 1. The first kappa shape index (κ1) is 20.0. The van der Waals surface area contributed by atoms with Crippen LogP contribution in [0.2, 0.25) is 0 Å². The topological polar surface area (TPSA) is 89.7 Å². The summed E-state index contributed by atoms with van der Waals surface area (Å²) in [5.41, 5.74) is 2.02. The quantitative estimate of drug-likeness (QED) is 0.701.